The van der Waals surface area contributed by atoms with Crippen LogP contribution in [0.25, 0.3) is 11.3 Å². The zero-order valence-electron chi connectivity index (χ0n) is 22.1. The summed E-state index contributed by atoms with van der Waals surface area (Å²) in [6, 6.07) is 13.3. The molecular weight excluding hydrogens is 428 g/mol. The van der Waals surface area contributed by atoms with Crippen molar-refractivity contribution >= 4 is 12.1 Å². The lowest BCUT2D eigenvalue weighted by Gasteiger charge is -2.36. The summed E-state index contributed by atoms with van der Waals surface area (Å²) in [6.45, 7) is 16.0. The molecule has 33 heavy (non-hydrogen) atoms. The zero-order valence-corrected chi connectivity index (χ0v) is 23.0. The van der Waals surface area contributed by atoms with Crippen LogP contribution in [0.15, 0.2) is 36.4 Å². The van der Waals surface area contributed by atoms with E-state index in [1.54, 1.807) is 0 Å². The van der Waals surface area contributed by atoms with Gasteiger partial charge in [-0.05, 0) is 38.8 Å². The molecule has 2 aliphatic rings. The molecule has 1 aromatic heterocycles. The normalized spacial score (nSPS) is 20.5. The molecule has 2 fully saturated rings. The van der Waals surface area contributed by atoms with Gasteiger partial charge in [0.2, 0.25) is 0 Å². The first-order valence-corrected chi connectivity index (χ1v) is 13.8. The molecule has 5 nitrogen and oxygen atoms in total. The maximum Gasteiger partial charge on any atom is 0.0923 e. The molecule has 1 saturated heterocycles. The molecule has 0 atom stereocenters. The molecule has 1 aliphatic heterocycles. The highest BCUT2D eigenvalue weighted by Crippen LogP contribution is 2.36. The number of nitrogens with zero attached hydrogens (tertiary/aromatic N) is 3. The van der Waals surface area contributed by atoms with E-state index in [1.807, 2.05) is 45.9 Å². The van der Waals surface area contributed by atoms with Crippen molar-refractivity contribution in [3.05, 3.63) is 42.1 Å². The smallest absolute Gasteiger partial charge is 0.0923 e. The van der Waals surface area contributed by atoms with Crippen LogP contribution in [-0.4, -0.2) is 58.2 Å². The quantitative estimate of drug-likeness (QED) is 0.455. The van der Waals surface area contributed by atoms with E-state index in [9.17, 15) is 0 Å². The van der Waals surface area contributed by atoms with Crippen LogP contribution < -0.4 is 0 Å². The Balaban J connectivity index is 0.000000705. The SMILES string of the molecule is CC.CC.CCC.CN(SN1CCOCC1)C1CCC(c2cc(-c3ccccc3)n[nH]2)CC1. The Morgan fingerprint density at radius 3 is 2.15 bits per heavy atom. The van der Waals surface area contributed by atoms with Gasteiger partial charge >= 0.3 is 0 Å². The summed E-state index contributed by atoms with van der Waals surface area (Å²) in [5.41, 5.74) is 3.54. The second-order valence-corrected chi connectivity index (χ2v) is 9.21. The summed E-state index contributed by atoms with van der Waals surface area (Å²) in [6.07, 6.45) is 6.21. The Labute approximate surface area is 207 Å². The van der Waals surface area contributed by atoms with Gasteiger partial charge in [-0.15, -0.1) is 0 Å². The van der Waals surface area contributed by atoms with Crippen LogP contribution in [0.1, 0.15) is 85.3 Å². The lowest BCUT2D eigenvalue weighted by atomic mass is 9.84. The topological polar surface area (TPSA) is 44.4 Å². The third kappa shape index (κ3) is 10.2. The number of benzene rings is 1. The van der Waals surface area contributed by atoms with E-state index in [-0.39, 0.29) is 0 Å². The van der Waals surface area contributed by atoms with Gasteiger partial charge in [-0.25, -0.2) is 8.61 Å². The summed E-state index contributed by atoms with van der Waals surface area (Å²) in [4.78, 5) is 0. The average molecular weight is 477 g/mol. The largest absolute Gasteiger partial charge is 0.379 e. The molecule has 0 amide bonds. The Hall–Kier alpha value is -1.34. The van der Waals surface area contributed by atoms with Crippen molar-refractivity contribution < 1.29 is 4.74 Å². The number of H-pyrrole nitrogens is 1. The predicted molar refractivity (Wildman–Crippen MR) is 145 cm³/mol. The van der Waals surface area contributed by atoms with Crippen LogP contribution in [0, 0.1) is 0 Å². The maximum atomic E-state index is 5.44. The Morgan fingerprint density at radius 2 is 1.58 bits per heavy atom. The van der Waals surface area contributed by atoms with Crippen LogP contribution in [0.3, 0.4) is 0 Å². The Morgan fingerprint density at radius 1 is 1.00 bits per heavy atom. The highest BCUT2D eigenvalue weighted by molar-refractivity contribution is 7.94. The molecule has 188 valence electrons. The number of ether oxygens (including phenoxy) is 1. The number of morpholine rings is 1. The van der Waals surface area contributed by atoms with Crippen LogP contribution in [0.2, 0.25) is 0 Å². The third-order valence-corrected chi connectivity index (χ3v) is 6.68. The van der Waals surface area contributed by atoms with E-state index in [2.05, 4.69) is 70.0 Å². The molecule has 1 N–H and O–H groups in total. The van der Waals surface area contributed by atoms with Gasteiger partial charge in [0.25, 0.3) is 0 Å². The van der Waals surface area contributed by atoms with E-state index in [0.717, 1.165) is 32.0 Å². The van der Waals surface area contributed by atoms with Gasteiger partial charge in [0.05, 0.1) is 18.9 Å². The van der Waals surface area contributed by atoms with Crippen LogP contribution in [0.5, 0.6) is 0 Å². The average Bonchev–Trinajstić information content (AvgIpc) is 3.39. The zero-order chi connectivity index (χ0) is 24.5. The van der Waals surface area contributed by atoms with Crippen LogP contribution >= 0.6 is 12.1 Å². The Bertz CT molecular complexity index is 695. The van der Waals surface area contributed by atoms with Crippen molar-refractivity contribution in [1.82, 2.24) is 18.8 Å². The van der Waals surface area contributed by atoms with Crippen molar-refractivity contribution in [3.63, 3.8) is 0 Å². The summed E-state index contributed by atoms with van der Waals surface area (Å²) in [5, 5.41) is 7.83. The molecule has 2 heterocycles. The highest BCUT2D eigenvalue weighted by Gasteiger charge is 2.27. The van der Waals surface area contributed by atoms with Crippen molar-refractivity contribution in [2.75, 3.05) is 33.4 Å². The minimum atomic E-state index is 0.609. The summed E-state index contributed by atoms with van der Waals surface area (Å²) < 4.78 is 10.3. The lowest BCUT2D eigenvalue weighted by molar-refractivity contribution is 0.0753. The molecule has 1 aliphatic carbocycles. The molecule has 0 spiro atoms. The van der Waals surface area contributed by atoms with Crippen LogP contribution in [0.4, 0.5) is 0 Å². The van der Waals surface area contributed by atoms with E-state index in [4.69, 9.17) is 4.74 Å². The molecule has 1 saturated carbocycles. The van der Waals surface area contributed by atoms with Crippen molar-refractivity contribution in [2.24, 2.45) is 0 Å². The number of hydrogen-bond acceptors (Lipinski definition) is 5. The van der Waals surface area contributed by atoms with E-state index in [0.29, 0.717) is 12.0 Å². The summed E-state index contributed by atoms with van der Waals surface area (Å²) in [7, 11) is 2.24. The molecule has 2 aromatic rings. The lowest BCUT2D eigenvalue weighted by Crippen LogP contribution is -2.38. The molecule has 6 heteroatoms. The highest BCUT2D eigenvalue weighted by atomic mass is 32.2. The van der Waals surface area contributed by atoms with Gasteiger partial charge in [-0.2, -0.15) is 5.10 Å². The maximum absolute atomic E-state index is 5.44. The molecular formula is C27H48N4OS. The number of rotatable bonds is 5. The van der Waals surface area contributed by atoms with Gasteiger partial charge in [0.15, 0.2) is 0 Å². The fourth-order valence-electron chi connectivity index (χ4n) is 3.93. The predicted octanol–water partition coefficient (Wildman–Crippen LogP) is 7.40. The van der Waals surface area contributed by atoms with E-state index in [1.165, 1.54) is 43.4 Å². The number of nitrogens with one attached hydrogen (secondary N) is 1. The fraction of sp³-hybridized carbons (Fsp3) is 0.667. The first kappa shape index (κ1) is 29.7. The number of aromatic amines is 1. The first-order chi connectivity index (χ1) is 16.2. The summed E-state index contributed by atoms with van der Waals surface area (Å²) in [5.74, 6) is 0.609. The van der Waals surface area contributed by atoms with Gasteiger partial charge < -0.3 is 4.74 Å². The second kappa shape index (κ2) is 18.0. The van der Waals surface area contributed by atoms with E-state index >= 15 is 0 Å². The van der Waals surface area contributed by atoms with Gasteiger partial charge in [0.1, 0.15) is 0 Å². The molecule has 0 bridgehead atoms. The van der Waals surface area contributed by atoms with Crippen molar-refractivity contribution in [2.45, 2.75) is 85.6 Å². The van der Waals surface area contributed by atoms with Crippen molar-refractivity contribution in [1.29, 1.82) is 0 Å². The van der Waals surface area contributed by atoms with Gasteiger partial charge in [-0.3, -0.25) is 5.10 Å². The fourth-order valence-corrected chi connectivity index (χ4v) is 4.95. The number of hydrogen-bond donors (Lipinski definition) is 1. The minimum Gasteiger partial charge on any atom is -0.379 e. The molecule has 0 radical (unpaired) electrons. The third-order valence-electron chi connectivity index (χ3n) is 5.53. The minimum absolute atomic E-state index is 0.609. The van der Waals surface area contributed by atoms with Gasteiger partial charge in [-0.1, -0.05) is 78.3 Å². The summed E-state index contributed by atoms with van der Waals surface area (Å²) >= 11 is 1.89. The van der Waals surface area contributed by atoms with E-state index < -0.39 is 0 Å². The van der Waals surface area contributed by atoms with Crippen LogP contribution in [-0.2, 0) is 4.74 Å². The second-order valence-electron chi connectivity index (χ2n) is 7.96. The van der Waals surface area contributed by atoms with Gasteiger partial charge in [0, 0.05) is 48.4 Å². The monoisotopic (exact) mass is 476 g/mol. The number of aromatic nitrogens is 2. The molecule has 0 unspecified atom stereocenters. The standard InChI is InChI=1S/C20H28N4OS.C3H8.2C2H6/c1-23(26-24-11-13-25-14-12-24)18-9-7-17(8-10-18)20-15-19(21-22-20)16-5-3-2-4-6-16;1-3-2;2*1-2/h2-6,15,17-18H,7-14H2,1H3,(H,21,22);3H2,1-2H3;2*1-2H3. The van der Waals surface area contributed by atoms with Crippen molar-refractivity contribution in [3.8, 4) is 11.3 Å². The molecule has 1 aromatic carbocycles. The Kier molecular flexibility index (Phi) is 16.2. The first-order valence-electron chi connectivity index (χ1n) is 13.1. The molecule has 4 rings (SSSR count).